The monoisotopic (exact) mass is 596 g/mol. The zero-order valence-corrected chi connectivity index (χ0v) is 24.0. The quantitative estimate of drug-likeness (QED) is 0.190. The van der Waals surface area contributed by atoms with Crippen LogP contribution in [0.2, 0.25) is 0 Å². The Labute approximate surface area is 279 Å². The van der Waals surface area contributed by atoms with Crippen molar-refractivity contribution in [2.75, 3.05) is 0 Å². The Morgan fingerprint density at radius 2 is 0.630 bits per heavy atom. The number of pyridine rings is 4. The van der Waals surface area contributed by atoms with Crippen molar-refractivity contribution in [3.63, 3.8) is 0 Å². The van der Waals surface area contributed by atoms with Crippen molar-refractivity contribution < 1.29 is 13.7 Å². The second-order valence-electron chi connectivity index (χ2n) is 10.8. The Bertz CT molecular complexity index is 2900. The normalized spacial score (nSPS) is 14.5. The minimum absolute atomic E-state index is 0.0231. The maximum atomic E-state index is 8.48. The molecule has 0 aliphatic heterocycles. The molecule has 5 aromatic carbocycles. The van der Waals surface area contributed by atoms with Crippen LogP contribution in [0.1, 0.15) is 13.7 Å². The lowest BCUT2D eigenvalue weighted by atomic mass is 10.0. The third kappa shape index (κ3) is 4.56. The minimum Gasteiger partial charge on any atom is -0.245 e. The second-order valence-corrected chi connectivity index (χ2v) is 10.8. The van der Waals surface area contributed by atoms with Crippen LogP contribution in [-0.2, 0) is 0 Å². The van der Waals surface area contributed by atoms with Crippen LogP contribution < -0.4 is 0 Å². The van der Waals surface area contributed by atoms with Gasteiger partial charge in [-0.3, -0.25) is 0 Å². The summed E-state index contributed by atoms with van der Waals surface area (Å²) in [7, 11) is 0. The van der Waals surface area contributed by atoms with Crippen LogP contribution in [0.25, 0.3) is 88.6 Å². The molecule has 4 aromatic heterocycles. The third-order valence-electron chi connectivity index (χ3n) is 8.01. The highest BCUT2D eigenvalue weighted by molar-refractivity contribution is 6.05. The molecule has 4 heteroatoms. The van der Waals surface area contributed by atoms with Crippen molar-refractivity contribution in [2.24, 2.45) is 0 Å². The van der Waals surface area contributed by atoms with Crippen molar-refractivity contribution in [1.82, 2.24) is 19.9 Å². The summed E-state index contributed by atoms with van der Waals surface area (Å²) in [4.78, 5) is 19.7. The molecule has 0 aliphatic carbocycles. The molecule has 4 nitrogen and oxygen atoms in total. The second kappa shape index (κ2) is 10.7. The number of benzene rings is 5. The molecule has 0 radical (unpaired) electrons. The first-order valence-electron chi connectivity index (χ1n) is 19.6. The number of hydrogen-bond acceptors (Lipinski definition) is 4. The van der Waals surface area contributed by atoms with Crippen LogP contribution in [0.15, 0.2) is 157 Å². The van der Waals surface area contributed by atoms with Crippen LogP contribution in [0, 0.1) is 0 Å². The molecule has 9 aromatic rings. The molecular formula is C42H26N4. The predicted octanol–water partition coefficient (Wildman–Crippen LogP) is 10.5. The molecule has 0 fully saturated rings. The van der Waals surface area contributed by atoms with Crippen LogP contribution in [0.4, 0.5) is 0 Å². The van der Waals surface area contributed by atoms with Crippen molar-refractivity contribution in [1.29, 1.82) is 0 Å². The Hall–Kier alpha value is -6.26. The van der Waals surface area contributed by atoms with E-state index < -0.39 is 36.3 Å². The van der Waals surface area contributed by atoms with E-state index in [2.05, 4.69) is 0 Å². The van der Waals surface area contributed by atoms with Crippen molar-refractivity contribution in [3.05, 3.63) is 157 Å². The summed E-state index contributed by atoms with van der Waals surface area (Å²) in [5.74, 6) is 0. The summed E-state index contributed by atoms with van der Waals surface area (Å²) in [6.07, 6.45) is 0. The highest BCUT2D eigenvalue weighted by Gasteiger charge is 2.12. The lowest BCUT2D eigenvalue weighted by Crippen LogP contribution is -1.92. The Morgan fingerprint density at radius 3 is 0.978 bits per heavy atom. The van der Waals surface area contributed by atoms with Gasteiger partial charge in [-0.1, -0.05) is 127 Å². The highest BCUT2D eigenvalue weighted by Crippen LogP contribution is 2.32. The third-order valence-corrected chi connectivity index (χ3v) is 8.01. The van der Waals surface area contributed by atoms with Gasteiger partial charge in [0.25, 0.3) is 0 Å². The predicted molar refractivity (Wildman–Crippen MR) is 189 cm³/mol. The van der Waals surface area contributed by atoms with Gasteiger partial charge >= 0.3 is 0 Å². The topological polar surface area (TPSA) is 51.6 Å². The molecule has 214 valence electrons. The fourth-order valence-electron chi connectivity index (χ4n) is 5.73. The average molecular weight is 597 g/mol. The molecule has 0 atom stereocenters. The molecule has 0 unspecified atom stereocenters. The highest BCUT2D eigenvalue weighted by atomic mass is 14.8. The molecule has 0 saturated carbocycles. The van der Waals surface area contributed by atoms with Gasteiger partial charge in [0, 0.05) is 43.8 Å². The van der Waals surface area contributed by atoms with Gasteiger partial charge < -0.3 is 0 Å². The Balaban J connectivity index is 1.15. The molecule has 0 aliphatic rings. The number of rotatable bonds is 4. The van der Waals surface area contributed by atoms with E-state index in [0.717, 1.165) is 32.7 Å². The summed E-state index contributed by atoms with van der Waals surface area (Å²) in [5.41, 5.74) is 5.75. The molecular weight excluding hydrogens is 560 g/mol. The van der Waals surface area contributed by atoms with E-state index in [9.17, 15) is 0 Å². The SMILES string of the molecule is [2H]c1c([2H])c([2H])c(-c2ccc3ccc4ccc(-c5cccc(-c6ccc7ccc8ccc(-c9c([2H])c([2H])c([2H])c([2H])c9[2H])nc8c7n6)c5)nc4c3n2)c([2H])c1[2H]. The molecule has 9 rings (SSSR count). The molecule has 4 heterocycles. The molecule has 0 saturated heterocycles. The Morgan fingerprint density at radius 1 is 0.326 bits per heavy atom. The van der Waals surface area contributed by atoms with Crippen molar-refractivity contribution >= 4 is 43.6 Å². The first kappa shape index (κ1) is 17.9. The Kier molecular flexibility index (Phi) is 4.17. The van der Waals surface area contributed by atoms with Gasteiger partial charge in [-0.2, -0.15) is 0 Å². The van der Waals surface area contributed by atoms with Crippen molar-refractivity contribution in [3.8, 4) is 45.0 Å². The van der Waals surface area contributed by atoms with Crippen LogP contribution >= 0.6 is 0 Å². The molecule has 0 spiro atoms. The summed E-state index contributed by atoms with van der Waals surface area (Å²) < 4.78 is 82.5. The number of nitrogens with zero attached hydrogens (tertiary/aromatic N) is 4. The van der Waals surface area contributed by atoms with Gasteiger partial charge in [0.2, 0.25) is 0 Å². The first-order valence-corrected chi connectivity index (χ1v) is 14.6. The van der Waals surface area contributed by atoms with Gasteiger partial charge in [0.15, 0.2) is 0 Å². The van der Waals surface area contributed by atoms with Gasteiger partial charge in [-0.25, -0.2) is 19.9 Å². The maximum Gasteiger partial charge on any atom is 0.0972 e. The maximum absolute atomic E-state index is 8.48. The smallest absolute Gasteiger partial charge is 0.0972 e. The number of hydrogen-bond donors (Lipinski definition) is 0. The van der Waals surface area contributed by atoms with Gasteiger partial charge in [-0.05, 0) is 30.3 Å². The van der Waals surface area contributed by atoms with E-state index in [0.29, 0.717) is 33.5 Å². The number of fused-ring (bicyclic) bond motifs is 6. The zero-order chi connectivity index (χ0) is 39.2. The molecule has 46 heavy (non-hydrogen) atoms. The molecule has 0 bridgehead atoms. The fraction of sp³-hybridized carbons (Fsp3) is 0. The van der Waals surface area contributed by atoms with Gasteiger partial charge in [0.1, 0.15) is 0 Å². The standard InChI is InChI=1S/C42H26N4/c1-3-8-27(9-4-1)35-22-18-29-14-16-31-20-24-37(45-41(31)39(29)43-35)33-12-7-13-34(26-33)38-25-21-32-17-15-30-19-23-36(28-10-5-2-6-11-28)44-40(30)42(32)46-38/h1-26H/i1D,2D,3D,4D,5D,6D,8D,9D,10D,11D. The largest absolute Gasteiger partial charge is 0.245 e. The summed E-state index contributed by atoms with van der Waals surface area (Å²) >= 11 is 0. The first-order chi connectivity index (χ1) is 26.9. The fourth-order valence-corrected chi connectivity index (χ4v) is 5.73. The van der Waals surface area contributed by atoms with E-state index >= 15 is 0 Å². The average Bonchev–Trinajstić information content (AvgIpc) is 3.23. The number of aromatic nitrogens is 4. The minimum atomic E-state index is -0.464. The van der Waals surface area contributed by atoms with E-state index in [1.807, 2.05) is 84.9 Å². The summed E-state index contributed by atoms with van der Waals surface area (Å²) in [6, 6.07) is 26.2. The summed E-state index contributed by atoms with van der Waals surface area (Å²) in [5, 5.41) is 3.20. The van der Waals surface area contributed by atoms with E-state index in [-0.39, 0.29) is 46.7 Å². The van der Waals surface area contributed by atoms with E-state index in [4.69, 9.17) is 33.6 Å². The lowest BCUT2D eigenvalue weighted by molar-refractivity contribution is 1.35. The van der Waals surface area contributed by atoms with Crippen molar-refractivity contribution in [2.45, 2.75) is 0 Å². The van der Waals surface area contributed by atoms with Gasteiger partial charge in [0.05, 0.1) is 58.6 Å². The zero-order valence-electron chi connectivity index (χ0n) is 34.0. The van der Waals surface area contributed by atoms with Crippen LogP contribution in [-0.4, -0.2) is 19.9 Å². The summed E-state index contributed by atoms with van der Waals surface area (Å²) in [6.45, 7) is 0. The molecule has 0 amide bonds. The molecule has 0 N–H and O–H groups in total. The lowest BCUT2D eigenvalue weighted by Gasteiger charge is -2.10. The van der Waals surface area contributed by atoms with Crippen LogP contribution in [0.3, 0.4) is 0 Å². The van der Waals surface area contributed by atoms with Gasteiger partial charge in [-0.15, -0.1) is 0 Å². The van der Waals surface area contributed by atoms with E-state index in [1.54, 1.807) is 12.1 Å². The van der Waals surface area contributed by atoms with Crippen LogP contribution in [0.5, 0.6) is 0 Å². The van der Waals surface area contributed by atoms with E-state index in [1.165, 1.54) is 0 Å².